The highest BCUT2D eigenvalue weighted by Gasteiger charge is 2.31. The van der Waals surface area contributed by atoms with Gasteiger partial charge in [-0.2, -0.15) is 0 Å². The fourth-order valence-corrected chi connectivity index (χ4v) is 3.24. The summed E-state index contributed by atoms with van der Waals surface area (Å²) in [5.74, 6) is -1.13. The summed E-state index contributed by atoms with van der Waals surface area (Å²) in [5, 5.41) is 21.3. The molecule has 1 aromatic carbocycles. The van der Waals surface area contributed by atoms with E-state index in [0.717, 1.165) is 0 Å². The molecule has 12 nitrogen and oxygen atoms in total. The minimum absolute atomic E-state index is 0.363. The van der Waals surface area contributed by atoms with Crippen LogP contribution in [0.15, 0.2) is 12.1 Å². The van der Waals surface area contributed by atoms with Crippen molar-refractivity contribution in [2.75, 3.05) is 0 Å². The number of phosphoric ester groups is 1. The molecule has 0 spiro atoms. The lowest BCUT2D eigenvalue weighted by Crippen LogP contribution is -2.00. The van der Waals surface area contributed by atoms with Crippen molar-refractivity contribution >= 4 is 39.0 Å². The van der Waals surface area contributed by atoms with E-state index in [9.17, 15) is 30.9 Å². The predicted molar refractivity (Wildman–Crippen MR) is 66.5 cm³/mol. The van der Waals surface area contributed by atoms with E-state index in [2.05, 4.69) is 4.52 Å². The van der Waals surface area contributed by atoms with Crippen molar-refractivity contribution in [3.05, 3.63) is 35.9 Å². The fraction of sp³-hybridized carbons (Fsp3) is 0. The molecule has 0 amide bonds. The van der Waals surface area contributed by atoms with Crippen LogP contribution in [-0.2, 0) is 10.7 Å². The molecule has 0 aromatic heterocycles. The summed E-state index contributed by atoms with van der Waals surface area (Å²) in [6.45, 7) is 0. The first-order valence-electron chi connectivity index (χ1n) is 4.30. The van der Waals surface area contributed by atoms with Gasteiger partial charge in [-0.05, 0) is 0 Å². The Labute approximate surface area is 116 Å². The molecule has 0 saturated carbocycles. The van der Waals surface area contributed by atoms with Crippen LogP contribution >= 0.6 is 27.6 Å². The molecule has 0 unspecified atom stereocenters. The minimum Gasteiger partial charge on any atom is -0.402 e. The molecular weight excluding hydrogens is 418 g/mol. The molecule has 0 aliphatic carbocycles. The zero-order valence-electron chi connectivity index (χ0n) is 9.03. The SMILES string of the molecule is O=[N+]([O-])c1cc(OP(=O)(O)O)c(I(=O)=O)c([N+](=O)[O-])c1. The highest BCUT2D eigenvalue weighted by atomic mass is 127. The van der Waals surface area contributed by atoms with Crippen LogP contribution in [0.2, 0.25) is 0 Å². The summed E-state index contributed by atoms with van der Waals surface area (Å²) in [6.07, 6.45) is 0. The first kappa shape index (κ1) is 16.4. The van der Waals surface area contributed by atoms with Gasteiger partial charge in [0, 0.05) is 0 Å². The normalized spacial score (nSPS) is 11.3. The van der Waals surface area contributed by atoms with Crippen LogP contribution in [0.4, 0.5) is 11.4 Å². The van der Waals surface area contributed by atoms with Crippen LogP contribution in [0.25, 0.3) is 0 Å². The second-order valence-electron chi connectivity index (χ2n) is 3.09. The van der Waals surface area contributed by atoms with Crippen molar-refractivity contribution in [2.24, 2.45) is 0 Å². The number of non-ortho nitro benzene ring substituents is 1. The second kappa shape index (κ2) is 5.74. The largest absolute Gasteiger partial charge is 0.524 e. The Bertz CT molecular complexity index is 698. The van der Waals surface area contributed by atoms with Crippen molar-refractivity contribution in [1.29, 1.82) is 0 Å². The van der Waals surface area contributed by atoms with Gasteiger partial charge in [0.25, 0.3) is 11.4 Å². The third-order valence-electron chi connectivity index (χ3n) is 1.78. The number of nitro groups is 2. The lowest BCUT2D eigenvalue weighted by atomic mass is 10.2. The molecule has 14 heteroatoms. The van der Waals surface area contributed by atoms with E-state index in [-0.39, 0.29) is 0 Å². The second-order valence-corrected chi connectivity index (χ2v) is 6.57. The zero-order chi connectivity index (χ0) is 15.7. The zero-order valence-corrected chi connectivity index (χ0v) is 12.1. The molecule has 0 fully saturated rings. The fourth-order valence-electron chi connectivity index (χ4n) is 1.16. The monoisotopic (exact) mass is 422 g/mol. The smallest absolute Gasteiger partial charge is 0.402 e. The van der Waals surface area contributed by atoms with Gasteiger partial charge >= 0.3 is 27.6 Å². The topological polar surface area (TPSA) is 187 Å². The van der Waals surface area contributed by atoms with Crippen molar-refractivity contribution < 1.29 is 34.9 Å². The molecule has 0 aliphatic heterocycles. The standard InChI is InChI=1S/C6H4IN2O10P/c10-7(11)6-4(9(14)15)1-3(8(12)13)2-5(6)19-20(16,17)18/h1-2H,(H2,16,17,18). The van der Waals surface area contributed by atoms with E-state index in [1.807, 2.05) is 0 Å². The summed E-state index contributed by atoms with van der Waals surface area (Å²) >= 11 is -4.62. The van der Waals surface area contributed by atoms with Crippen LogP contribution in [0.3, 0.4) is 0 Å². The Balaban J connectivity index is 3.72. The molecule has 1 rings (SSSR count). The number of phosphoric acid groups is 1. The molecule has 1 aromatic rings. The van der Waals surface area contributed by atoms with Crippen molar-refractivity contribution in [3.63, 3.8) is 0 Å². The van der Waals surface area contributed by atoms with Gasteiger partial charge in [0.15, 0.2) is 9.32 Å². The Kier molecular flexibility index (Phi) is 4.69. The number of rotatable bonds is 5. The van der Waals surface area contributed by atoms with Crippen molar-refractivity contribution in [1.82, 2.24) is 0 Å². The van der Waals surface area contributed by atoms with Crippen molar-refractivity contribution in [3.8, 4) is 5.75 Å². The number of hydrogen-bond acceptors (Lipinski definition) is 8. The van der Waals surface area contributed by atoms with Gasteiger partial charge in [-0.25, -0.2) is 10.7 Å². The third-order valence-corrected chi connectivity index (χ3v) is 4.18. The number of nitro benzene ring substituents is 2. The van der Waals surface area contributed by atoms with Crippen LogP contribution in [0, 0.1) is 23.8 Å². The first-order valence-corrected chi connectivity index (χ1v) is 8.67. The molecule has 110 valence electrons. The lowest BCUT2D eigenvalue weighted by molar-refractivity contribution is -0.394. The molecule has 2 N–H and O–H groups in total. The van der Waals surface area contributed by atoms with E-state index in [1.165, 1.54) is 0 Å². The van der Waals surface area contributed by atoms with Gasteiger partial charge in [-0.3, -0.25) is 30.0 Å². The van der Waals surface area contributed by atoms with E-state index < -0.39 is 58.2 Å². The van der Waals surface area contributed by atoms with Crippen molar-refractivity contribution in [2.45, 2.75) is 0 Å². The highest BCUT2D eigenvalue weighted by molar-refractivity contribution is 14.2. The maximum absolute atomic E-state index is 11.0. The Morgan fingerprint density at radius 1 is 1.15 bits per heavy atom. The van der Waals surface area contributed by atoms with Gasteiger partial charge in [-0.15, -0.1) is 0 Å². The summed E-state index contributed by atoms with van der Waals surface area (Å²) in [5.41, 5.74) is -2.13. The predicted octanol–water partition coefficient (Wildman–Crippen LogP) is 1.34. The molecule has 20 heavy (non-hydrogen) atoms. The van der Waals surface area contributed by atoms with Crippen LogP contribution in [0.1, 0.15) is 0 Å². The Morgan fingerprint density at radius 2 is 1.70 bits per heavy atom. The first-order chi connectivity index (χ1) is 9.03. The molecule has 0 radical (unpaired) electrons. The molecule has 0 saturated heterocycles. The quantitative estimate of drug-likeness (QED) is 0.303. The Hall–Kier alpha value is -1.70. The number of halogens is 1. The van der Waals surface area contributed by atoms with Gasteiger partial charge < -0.3 is 4.52 Å². The lowest BCUT2D eigenvalue weighted by Gasteiger charge is -2.08. The highest BCUT2D eigenvalue weighted by Crippen LogP contribution is 2.46. The third kappa shape index (κ3) is 3.89. The Morgan fingerprint density at radius 3 is 2.05 bits per heavy atom. The number of benzene rings is 1. The molecule has 0 heterocycles. The molecule has 0 aliphatic rings. The number of hydrogen-bond donors (Lipinski definition) is 2. The average Bonchev–Trinajstić information content (AvgIpc) is 2.24. The van der Waals surface area contributed by atoms with Crippen LogP contribution < -0.4 is 4.52 Å². The maximum atomic E-state index is 11.0. The van der Waals surface area contributed by atoms with E-state index in [1.54, 1.807) is 0 Å². The summed E-state index contributed by atoms with van der Waals surface area (Å²) in [6, 6.07) is 0.754. The number of nitrogens with zero attached hydrogens (tertiary/aromatic N) is 2. The maximum Gasteiger partial charge on any atom is 0.524 e. The average molecular weight is 422 g/mol. The summed E-state index contributed by atoms with van der Waals surface area (Å²) in [7, 11) is -5.25. The minimum atomic E-state index is -5.25. The molecular formula is C6H4IN2O10P. The summed E-state index contributed by atoms with van der Waals surface area (Å²) in [4.78, 5) is 36.1. The van der Waals surface area contributed by atoms with Gasteiger partial charge in [-0.1, -0.05) is 0 Å². The van der Waals surface area contributed by atoms with Gasteiger partial charge in [0.1, 0.15) is 0 Å². The molecule has 0 atom stereocenters. The summed E-state index contributed by atoms with van der Waals surface area (Å²) < 4.78 is 35.7. The van der Waals surface area contributed by atoms with E-state index in [4.69, 9.17) is 9.79 Å². The van der Waals surface area contributed by atoms with Gasteiger partial charge in [0.05, 0.1) is 22.0 Å². The van der Waals surface area contributed by atoms with E-state index in [0.29, 0.717) is 12.1 Å². The van der Waals surface area contributed by atoms with Gasteiger partial charge in [0.2, 0.25) is 0 Å². The van der Waals surface area contributed by atoms with Crippen LogP contribution in [-0.4, -0.2) is 19.6 Å². The molecule has 0 bridgehead atoms. The van der Waals surface area contributed by atoms with E-state index >= 15 is 0 Å². The van der Waals surface area contributed by atoms with Crippen LogP contribution in [0.5, 0.6) is 5.75 Å².